The van der Waals surface area contributed by atoms with E-state index in [1.807, 2.05) is 27.7 Å². The van der Waals surface area contributed by atoms with Gasteiger partial charge in [0, 0.05) is 31.3 Å². The van der Waals surface area contributed by atoms with Crippen LogP contribution in [-0.2, 0) is 14.4 Å². The van der Waals surface area contributed by atoms with Gasteiger partial charge >= 0.3 is 0 Å². The van der Waals surface area contributed by atoms with Crippen molar-refractivity contribution in [3.05, 3.63) is 0 Å². The first-order valence-electron chi connectivity index (χ1n) is 8.21. The number of unbranched alkanes of at least 4 members (excludes halogenated alkanes) is 2. The maximum absolute atomic E-state index is 12.1. The van der Waals surface area contributed by atoms with Gasteiger partial charge < -0.3 is 0 Å². The Labute approximate surface area is 133 Å². The Morgan fingerprint density at radius 3 is 2.41 bits per heavy atom. The minimum Gasteiger partial charge on any atom is -0.291 e. The number of hydrogen-bond donors (Lipinski definition) is 2. The first-order valence-corrected chi connectivity index (χ1v) is 8.21. The Balaban J connectivity index is 2.18. The summed E-state index contributed by atoms with van der Waals surface area (Å²) in [5, 5.41) is 0. The SMILES string of the molecule is CC(C)NNC(=O)CCCCCN1C(=O)CC(C(C)C)C1=O. The first-order chi connectivity index (χ1) is 10.3. The lowest BCUT2D eigenvalue weighted by Gasteiger charge is -2.16. The van der Waals surface area contributed by atoms with Crippen molar-refractivity contribution >= 4 is 17.7 Å². The molecule has 0 aromatic carbocycles. The third-order valence-electron chi connectivity index (χ3n) is 3.87. The van der Waals surface area contributed by atoms with Gasteiger partial charge in [-0.1, -0.05) is 20.3 Å². The summed E-state index contributed by atoms with van der Waals surface area (Å²) in [7, 11) is 0. The Bertz CT molecular complexity index is 407. The van der Waals surface area contributed by atoms with Crippen LogP contribution < -0.4 is 10.9 Å². The molecule has 0 aromatic rings. The molecule has 1 fully saturated rings. The largest absolute Gasteiger partial charge is 0.291 e. The van der Waals surface area contributed by atoms with Crippen molar-refractivity contribution in [2.75, 3.05) is 6.54 Å². The highest BCUT2D eigenvalue weighted by molar-refractivity contribution is 6.03. The van der Waals surface area contributed by atoms with E-state index in [-0.39, 0.29) is 35.6 Å². The van der Waals surface area contributed by atoms with Crippen molar-refractivity contribution in [2.45, 2.75) is 65.8 Å². The fourth-order valence-electron chi connectivity index (χ4n) is 2.48. The van der Waals surface area contributed by atoms with Gasteiger partial charge in [0.05, 0.1) is 0 Å². The lowest BCUT2D eigenvalue weighted by Crippen LogP contribution is -2.41. The van der Waals surface area contributed by atoms with Gasteiger partial charge in [-0.25, -0.2) is 5.43 Å². The molecule has 1 unspecified atom stereocenters. The van der Waals surface area contributed by atoms with Crippen LogP contribution in [0.15, 0.2) is 0 Å². The fraction of sp³-hybridized carbons (Fsp3) is 0.812. The summed E-state index contributed by atoms with van der Waals surface area (Å²) in [5.41, 5.74) is 5.50. The van der Waals surface area contributed by atoms with Gasteiger partial charge in [-0.05, 0) is 32.6 Å². The van der Waals surface area contributed by atoms with Gasteiger partial charge in [-0.2, -0.15) is 0 Å². The van der Waals surface area contributed by atoms with Crippen LogP contribution >= 0.6 is 0 Å². The zero-order valence-electron chi connectivity index (χ0n) is 14.1. The highest BCUT2D eigenvalue weighted by Gasteiger charge is 2.39. The number of rotatable bonds is 9. The summed E-state index contributed by atoms with van der Waals surface area (Å²) in [6.07, 6.45) is 3.15. The van der Waals surface area contributed by atoms with E-state index in [0.717, 1.165) is 19.3 Å². The number of carbonyl (C=O) groups is 3. The molecule has 126 valence electrons. The topological polar surface area (TPSA) is 78.5 Å². The summed E-state index contributed by atoms with van der Waals surface area (Å²) >= 11 is 0. The van der Waals surface area contributed by atoms with Crippen molar-refractivity contribution in [1.82, 2.24) is 15.8 Å². The van der Waals surface area contributed by atoms with Crippen molar-refractivity contribution in [3.8, 4) is 0 Å². The van der Waals surface area contributed by atoms with E-state index in [1.165, 1.54) is 4.90 Å². The molecule has 0 aliphatic carbocycles. The minimum atomic E-state index is -0.152. The second-order valence-electron chi connectivity index (χ2n) is 6.60. The van der Waals surface area contributed by atoms with Crippen LogP contribution in [-0.4, -0.2) is 35.2 Å². The summed E-state index contributed by atoms with van der Waals surface area (Å²) in [5.74, 6) is -0.0534. The molecule has 0 spiro atoms. The number of hydrazine groups is 1. The van der Waals surface area contributed by atoms with E-state index in [4.69, 9.17) is 0 Å². The molecule has 1 aliphatic heterocycles. The number of hydrogen-bond acceptors (Lipinski definition) is 4. The van der Waals surface area contributed by atoms with Crippen LogP contribution in [0.4, 0.5) is 0 Å². The average Bonchev–Trinajstić information content (AvgIpc) is 2.72. The normalized spacial score (nSPS) is 18.6. The van der Waals surface area contributed by atoms with Gasteiger partial charge in [0.15, 0.2) is 0 Å². The maximum atomic E-state index is 12.1. The van der Waals surface area contributed by atoms with Crippen LogP contribution in [0.3, 0.4) is 0 Å². The number of amides is 3. The molecular formula is C16H29N3O3. The minimum absolute atomic E-state index is 0.0260. The highest BCUT2D eigenvalue weighted by Crippen LogP contribution is 2.26. The van der Waals surface area contributed by atoms with E-state index in [1.54, 1.807) is 0 Å². The van der Waals surface area contributed by atoms with Crippen LogP contribution in [0.2, 0.25) is 0 Å². The Morgan fingerprint density at radius 2 is 1.86 bits per heavy atom. The molecule has 2 N–H and O–H groups in total. The fourth-order valence-corrected chi connectivity index (χ4v) is 2.48. The molecule has 6 nitrogen and oxygen atoms in total. The predicted molar refractivity (Wildman–Crippen MR) is 84.5 cm³/mol. The Morgan fingerprint density at radius 1 is 1.18 bits per heavy atom. The van der Waals surface area contributed by atoms with E-state index < -0.39 is 0 Å². The molecule has 0 radical (unpaired) electrons. The van der Waals surface area contributed by atoms with Crippen molar-refractivity contribution < 1.29 is 14.4 Å². The molecule has 1 aliphatic rings. The first kappa shape index (κ1) is 18.6. The van der Waals surface area contributed by atoms with Crippen molar-refractivity contribution in [3.63, 3.8) is 0 Å². The molecule has 0 saturated carbocycles. The van der Waals surface area contributed by atoms with E-state index in [9.17, 15) is 14.4 Å². The van der Waals surface area contributed by atoms with E-state index in [0.29, 0.717) is 19.4 Å². The summed E-state index contributed by atoms with van der Waals surface area (Å²) < 4.78 is 0. The van der Waals surface area contributed by atoms with E-state index >= 15 is 0 Å². The number of nitrogens with zero attached hydrogens (tertiary/aromatic N) is 1. The Hall–Kier alpha value is -1.43. The molecule has 1 atom stereocenters. The maximum Gasteiger partial charge on any atom is 0.234 e. The second kappa shape index (κ2) is 8.88. The third kappa shape index (κ3) is 5.75. The molecule has 1 rings (SSSR count). The van der Waals surface area contributed by atoms with E-state index in [2.05, 4.69) is 10.9 Å². The highest BCUT2D eigenvalue weighted by atomic mass is 16.2. The van der Waals surface area contributed by atoms with Gasteiger partial charge in [-0.15, -0.1) is 0 Å². The molecular weight excluding hydrogens is 282 g/mol. The predicted octanol–water partition coefficient (Wildman–Crippen LogP) is 1.61. The van der Waals surface area contributed by atoms with Crippen molar-refractivity contribution in [1.29, 1.82) is 0 Å². The zero-order valence-corrected chi connectivity index (χ0v) is 14.1. The van der Waals surface area contributed by atoms with Crippen LogP contribution in [0.5, 0.6) is 0 Å². The quantitative estimate of drug-likeness (QED) is 0.385. The summed E-state index contributed by atoms with van der Waals surface area (Å²) in [6.45, 7) is 8.34. The lowest BCUT2D eigenvalue weighted by atomic mass is 9.94. The number of nitrogens with one attached hydrogen (secondary N) is 2. The monoisotopic (exact) mass is 311 g/mol. The molecule has 0 aromatic heterocycles. The van der Waals surface area contributed by atoms with Crippen LogP contribution in [0, 0.1) is 11.8 Å². The zero-order chi connectivity index (χ0) is 16.7. The Kier molecular flexibility index (Phi) is 7.51. The molecule has 6 heteroatoms. The smallest absolute Gasteiger partial charge is 0.234 e. The number of likely N-dealkylation sites (tertiary alicyclic amines) is 1. The number of carbonyl (C=O) groups excluding carboxylic acids is 3. The van der Waals surface area contributed by atoms with Gasteiger partial charge in [-0.3, -0.25) is 24.7 Å². The molecule has 0 bridgehead atoms. The van der Waals surface area contributed by atoms with Crippen LogP contribution in [0.25, 0.3) is 0 Å². The summed E-state index contributed by atoms with van der Waals surface area (Å²) in [4.78, 5) is 36.9. The second-order valence-corrected chi connectivity index (χ2v) is 6.60. The lowest BCUT2D eigenvalue weighted by molar-refractivity contribution is -0.139. The molecule has 22 heavy (non-hydrogen) atoms. The van der Waals surface area contributed by atoms with Gasteiger partial charge in [0.1, 0.15) is 0 Å². The molecule has 3 amide bonds. The third-order valence-corrected chi connectivity index (χ3v) is 3.87. The van der Waals surface area contributed by atoms with Crippen molar-refractivity contribution in [2.24, 2.45) is 11.8 Å². The van der Waals surface area contributed by atoms with Gasteiger partial charge in [0.25, 0.3) is 0 Å². The molecule has 1 saturated heterocycles. The number of imide groups is 1. The van der Waals surface area contributed by atoms with Gasteiger partial charge in [0.2, 0.25) is 17.7 Å². The standard InChI is InChI=1S/C16H29N3O3/c1-11(2)13-10-15(21)19(16(13)22)9-7-5-6-8-14(20)18-17-12(3)4/h11-13,17H,5-10H2,1-4H3,(H,18,20). The summed E-state index contributed by atoms with van der Waals surface area (Å²) in [6, 6.07) is 0.213. The average molecular weight is 311 g/mol. The van der Waals surface area contributed by atoms with Crippen LogP contribution in [0.1, 0.15) is 59.8 Å². The molecule has 1 heterocycles.